The molecule has 0 spiro atoms. The molecule has 0 fully saturated rings. The molecule has 0 aliphatic rings. The zero-order chi connectivity index (χ0) is 29.2. The first kappa shape index (κ1) is 45.9. The van der Waals surface area contributed by atoms with Crippen LogP contribution in [0, 0.1) is 0 Å². The summed E-state index contributed by atoms with van der Waals surface area (Å²) in [7, 11) is -5.24. The molecule has 0 aliphatic carbocycles. The Hall–Kier alpha value is 0.520. The molecule has 0 radical (unpaired) electrons. The summed E-state index contributed by atoms with van der Waals surface area (Å²) in [6.07, 6.45) is 17.1. The van der Waals surface area contributed by atoms with Gasteiger partial charge in [0.1, 0.15) is 6.61 Å². The van der Waals surface area contributed by atoms with Gasteiger partial charge in [-0.2, -0.15) is 0 Å². The summed E-state index contributed by atoms with van der Waals surface area (Å²) in [6.45, 7) is 3.40. The van der Waals surface area contributed by atoms with Gasteiger partial charge in [-0.25, -0.2) is 0 Å². The maximum atomic E-state index is 12.1. The molecule has 0 saturated heterocycles. The van der Waals surface area contributed by atoms with Crippen molar-refractivity contribution in [1.82, 2.24) is 5.32 Å². The Morgan fingerprint density at radius 3 is 1.59 bits per heavy atom. The van der Waals surface area contributed by atoms with Gasteiger partial charge < -0.3 is 33.7 Å². The van der Waals surface area contributed by atoms with E-state index in [-0.39, 0.29) is 84.5 Å². The maximum absolute atomic E-state index is 12.1. The number of hydrogen-bond donors (Lipinski definition) is 1. The first-order valence-electron chi connectivity index (χ1n) is 14.9. The van der Waals surface area contributed by atoms with E-state index in [0.29, 0.717) is 12.8 Å². The van der Waals surface area contributed by atoms with Crippen LogP contribution in [0.4, 0.5) is 0 Å². The molecular formula is C28H52NNa2O9P. The number of esters is 2. The monoisotopic (exact) mass is 623 g/mol. The molecule has 1 N–H and O–H groups in total. The van der Waals surface area contributed by atoms with E-state index in [1.54, 1.807) is 0 Å². The Bertz CT molecular complexity index is 695. The summed E-state index contributed by atoms with van der Waals surface area (Å²) in [6, 6.07) is 0. The Balaban J connectivity index is -0.00000722. The van der Waals surface area contributed by atoms with E-state index in [2.05, 4.69) is 16.8 Å². The van der Waals surface area contributed by atoms with Crippen molar-refractivity contribution in [2.24, 2.45) is 0 Å². The molecular weight excluding hydrogens is 571 g/mol. The molecule has 0 saturated carbocycles. The molecule has 1 amide bonds. The fraction of sp³-hybridized carbons (Fsp3) is 0.893. The van der Waals surface area contributed by atoms with Gasteiger partial charge >= 0.3 is 71.1 Å². The number of phosphoric ester groups is 1. The van der Waals surface area contributed by atoms with Crippen LogP contribution in [0.3, 0.4) is 0 Å². The molecule has 41 heavy (non-hydrogen) atoms. The van der Waals surface area contributed by atoms with Crippen LogP contribution in [0.2, 0.25) is 0 Å². The van der Waals surface area contributed by atoms with Gasteiger partial charge in [0, 0.05) is 26.3 Å². The minimum Gasteiger partial charge on any atom is -0.790 e. The van der Waals surface area contributed by atoms with Gasteiger partial charge in [0.25, 0.3) is 0 Å². The Morgan fingerprint density at radius 1 is 0.683 bits per heavy atom. The number of phosphoric acid groups is 1. The van der Waals surface area contributed by atoms with Crippen LogP contribution in [-0.2, 0) is 32.9 Å². The average Bonchev–Trinajstić information content (AvgIpc) is 2.87. The minimum atomic E-state index is -5.24. The predicted molar refractivity (Wildman–Crippen MR) is 146 cm³/mol. The number of ether oxygens (including phenoxy) is 2. The second-order valence-electron chi connectivity index (χ2n) is 10.2. The van der Waals surface area contributed by atoms with Gasteiger partial charge in [-0.05, 0) is 19.3 Å². The maximum Gasteiger partial charge on any atom is 1.00 e. The van der Waals surface area contributed by atoms with Gasteiger partial charge in [0.2, 0.25) is 5.91 Å². The predicted octanol–water partition coefficient (Wildman–Crippen LogP) is -1.14. The molecule has 0 heterocycles. The van der Waals surface area contributed by atoms with Crippen molar-refractivity contribution in [3.8, 4) is 0 Å². The summed E-state index contributed by atoms with van der Waals surface area (Å²) in [5.74, 6) is -0.981. The molecule has 0 rings (SSSR count). The number of nitrogens with one attached hydrogen (secondary N) is 1. The van der Waals surface area contributed by atoms with Crippen LogP contribution in [0.15, 0.2) is 0 Å². The number of unbranched alkanes of at least 4 members (excludes halogenated alkanes) is 15. The molecule has 0 bridgehead atoms. The largest absolute Gasteiger partial charge is 1.00 e. The first-order valence-corrected chi connectivity index (χ1v) is 16.4. The Labute approximate surface area is 292 Å². The smallest absolute Gasteiger partial charge is 0.790 e. The van der Waals surface area contributed by atoms with Crippen molar-refractivity contribution >= 4 is 25.7 Å². The van der Waals surface area contributed by atoms with Crippen LogP contribution in [-0.4, -0.2) is 43.7 Å². The number of carbonyl (C=O) groups is 3. The van der Waals surface area contributed by atoms with Crippen molar-refractivity contribution in [2.45, 2.75) is 142 Å². The van der Waals surface area contributed by atoms with Crippen molar-refractivity contribution in [1.29, 1.82) is 0 Å². The third-order valence-corrected chi connectivity index (χ3v) is 6.78. The fourth-order valence-electron chi connectivity index (χ4n) is 4.09. The van der Waals surface area contributed by atoms with E-state index in [9.17, 15) is 28.7 Å². The standard InChI is InChI=1S/C28H54NO9P.2Na/c1-3-4-5-6-11-15-18-21-28(32)38-26(24-37-39(33,34)35)23-36-27(31)20-17-14-12-9-7-8-10-13-16-19-22-29-25(2)30;;/h26H,3-24H2,1-2H3,(H,29,30)(H2,33,34,35);;/q;2*+1/p-2/t26-;;/m1../s1. The number of amides is 1. The zero-order valence-electron chi connectivity index (χ0n) is 26.3. The summed E-state index contributed by atoms with van der Waals surface area (Å²) >= 11 is 0. The number of carbonyl (C=O) groups excluding carboxylic acids is 3. The first-order chi connectivity index (χ1) is 18.6. The van der Waals surface area contributed by atoms with Gasteiger partial charge in [-0.15, -0.1) is 0 Å². The van der Waals surface area contributed by atoms with E-state index in [0.717, 1.165) is 64.3 Å². The van der Waals surface area contributed by atoms with Crippen molar-refractivity contribution in [2.75, 3.05) is 19.8 Å². The Kier molecular flexibility index (Phi) is 35.8. The van der Waals surface area contributed by atoms with E-state index in [1.165, 1.54) is 45.4 Å². The summed E-state index contributed by atoms with van der Waals surface area (Å²) in [5, 5.41) is 2.80. The van der Waals surface area contributed by atoms with Gasteiger partial charge in [0.15, 0.2) is 6.10 Å². The van der Waals surface area contributed by atoms with Crippen LogP contribution in [0.25, 0.3) is 0 Å². The fourth-order valence-corrected chi connectivity index (χ4v) is 4.44. The van der Waals surface area contributed by atoms with E-state index in [4.69, 9.17) is 9.47 Å². The van der Waals surface area contributed by atoms with Crippen molar-refractivity contribution < 1.29 is 102 Å². The quantitative estimate of drug-likeness (QED) is 0.0518. The molecule has 0 aromatic carbocycles. The average molecular weight is 624 g/mol. The summed E-state index contributed by atoms with van der Waals surface area (Å²) in [4.78, 5) is 56.6. The third kappa shape index (κ3) is 36.6. The normalized spacial score (nSPS) is 11.6. The van der Waals surface area contributed by atoms with Crippen LogP contribution in [0.5, 0.6) is 0 Å². The van der Waals surface area contributed by atoms with Crippen LogP contribution in [0.1, 0.15) is 136 Å². The SMILES string of the molecule is CCCCCCCCCC(=O)O[C@H](COC(=O)CCCCCCCCCCCCNC(C)=O)COP(=O)([O-])[O-].[Na+].[Na+]. The van der Waals surface area contributed by atoms with Crippen molar-refractivity contribution in [3.05, 3.63) is 0 Å². The minimum absolute atomic E-state index is 0. The summed E-state index contributed by atoms with van der Waals surface area (Å²) < 4.78 is 25.4. The van der Waals surface area contributed by atoms with Gasteiger partial charge in [-0.1, -0.05) is 96.8 Å². The third-order valence-electron chi connectivity index (χ3n) is 6.31. The molecule has 0 aromatic heterocycles. The van der Waals surface area contributed by atoms with E-state index >= 15 is 0 Å². The molecule has 230 valence electrons. The van der Waals surface area contributed by atoms with Crippen LogP contribution < -0.4 is 74.2 Å². The number of rotatable bonds is 27. The summed E-state index contributed by atoms with van der Waals surface area (Å²) in [5.41, 5.74) is 0. The molecule has 0 aromatic rings. The molecule has 0 aliphatic heterocycles. The zero-order valence-corrected chi connectivity index (χ0v) is 31.1. The van der Waals surface area contributed by atoms with E-state index < -0.39 is 32.5 Å². The molecule has 0 unspecified atom stereocenters. The number of hydrogen-bond acceptors (Lipinski definition) is 9. The Morgan fingerprint density at radius 2 is 1.12 bits per heavy atom. The molecule has 10 nitrogen and oxygen atoms in total. The van der Waals surface area contributed by atoms with E-state index in [1.807, 2.05) is 0 Å². The van der Waals surface area contributed by atoms with Gasteiger partial charge in [-0.3, -0.25) is 14.4 Å². The molecule has 1 atom stereocenters. The second-order valence-corrected chi connectivity index (χ2v) is 11.3. The van der Waals surface area contributed by atoms with Crippen molar-refractivity contribution in [3.63, 3.8) is 0 Å². The second kappa shape index (κ2) is 31.9. The van der Waals surface area contributed by atoms with Gasteiger partial charge in [0.05, 0.1) is 14.4 Å². The van der Waals surface area contributed by atoms with Crippen LogP contribution >= 0.6 is 7.82 Å². The topological polar surface area (TPSA) is 154 Å². The molecule has 13 heteroatoms.